The molecule has 0 radical (unpaired) electrons. The Morgan fingerprint density at radius 2 is 0.844 bits per heavy atom. The fourth-order valence-corrected chi connectivity index (χ4v) is 6.08. The lowest BCUT2D eigenvalue weighted by Gasteiger charge is -2.40. The van der Waals surface area contributed by atoms with Crippen molar-refractivity contribution in [3.63, 3.8) is 0 Å². The molecule has 4 aromatic rings. The van der Waals surface area contributed by atoms with Crippen molar-refractivity contribution >= 4 is 22.1 Å². The van der Waals surface area contributed by atoms with Crippen LogP contribution in [-0.2, 0) is 0 Å². The van der Waals surface area contributed by atoms with Crippen molar-refractivity contribution in [1.29, 1.82) is 0 Å². The maximum absolute atomic E-state index is 2.52. The molecule has 0 spiro atoms. The Labute approximate surface area is 192 Å². The first kappa shape index (κ1) is 20.6. The summed E-state index contributed by atoms with van der Waals surface area (Å²) in [5.74, 6) is 0. The standard InChI is InChI=1S/C30H32N2/c1-19-11-7-12-20(2)27(19)31(5)29-24-17-9-15-23-16-10-18-25(26(23)24)30(29)32(6)28-21(3)13-8-14-22(28)4/h7-18,29-30H,1-6H3. The van der Waals surface area contributed by atoms with Gasteiger partial charge in [0.25, 0.3) is 0 Å². The maximum atomic E-state index is 2.52. The molecule has 1 aliphatic carbocycles. The quantitative estimate of drug-likeness (QED) is 0.338. The zero-order chi connectivity index (χ0) is 22.6. The van der Waals surface area contributed by atoms with Gasteiger partial charge in [-0.1, -0.05) is 72.8 Å². The maximum Gasteiger partial charge on any atom is 0.0791 e. The molecule has 4 aromatic carbocycles. The summed E-state index contributed by atoms with van der Waals surface area (Å²) in [7, 11) is 4.55. The molecule has 32 heavy (non-hydrogen) atoms. The Balaban J connectivity index is 1.75. The molecule has 0 bridgehead atoms. The molecule has 2 unspecified atom stereocenters. The summed E-state index contributed by atoms with van der Waals surface area (Å²) in [5.41, 5.74) is 10.8. The first-order valence-electron chi connectivity index (χ1n) is 11.5. The van der Waals surface area contributed by atoms with E-state index >= 15 is 0 Å². The van der Waals surface area contributed by atoms with E-state index in [1.54, 1.807) is 0 Å². The second kappa shape index (κ2) is 7.70. The summed E-state index contributed by atoms with van der Waals surface area (Å²) in [4.78, 5) is 5.04. The number of likely N-dealkylation sites (N-methyl/N-ethyl adjacent to an activating group) is 2. The van der Waals surface area contributed by atoms with Crippen LogP contribution in [0.15, 0.2) is 72.8 Å². The Morgan fingerprint density at radius 3 is 1.22 bits per heavy atom. The van der Waals surface area contributed by atoms with E-state index in [1.165, 1.54) is 55.5 Å². The predicted molar refractivity (Wildman–Crippen MR) is 138 cm³/mol. The number of benzene rings is 4. The Morgan fingerprint density at radius 1 is 0.500 bits per heavy atom. The van der Waals surface area contributed by atoms with Crippen LogP contribution in [0.25, 0.3) is 10.8 Å². The minimum Gasteiger partial charge on any atom is -0.365 e. The highest BCUT2D eigenvalue weighted by molar-refractivity contribution is 5.93. The van der Waals surface area contributed by atoms with E-state index < -0.39 is 0 Å². The van der Waals surface area contributed by atoms with Crippen LogP contribution in [0.2, 0.25) is 0 Å². The molecule has 0 aromatic heterocycles. The first-order chi connectivity index (χ1) is 15.4. The van der Waals surface area contributed by atoms with Gasteiger partial charge in [-0.15, -0.1) is 0 Å². The van der Waals surface area contributed by atoms with Crippen LogP contribution in [0, 0.1) is 27.7 Å². The fraction of sp³-hybridized carbons (Fsp3) is 0.267. The van der Waals surface area contributed by atoms with E-state index in [9.17, 15) is 0 Å². The second-order valence-corrected chi connectivity index (χ2v) is 9.38. The number of nitrogens with zero attached hydrogens (tertiary/aromatic N) is 2. The summed E-state index contributed by atoms with van der Waals surface area (Å²) in [6.07, 6.45) is 0. The third-order valence-corrected chi connectivity index (χ3v) is 7.32. The largest absolute Gasteiger partial charge is 0.365 e. The van der Waals surface area contributed by atoms with Crippen LogP contribution in [0.3, 0.4) is 0 Å². The summed E-state index contributed by atoms with van der Waals surface area (Å²) >= 11 is 0. The zero-order valence-electron chi connectivity index (χ0n) is 20.0. The fourth-order valence-electron chi connectivity index (χ4n) is 6.08. The average Bonchev–Trinajstić information content (AvgIpc) is 3.10. The molecule has 2 nitrogen and oxygen atoms in total. The van der Waals surface area contributed by atoms with Crippen molar-refractivity contribution < 1.29 is 0 Å². The van der Waals surface area contributed by atoms with E-state index in [0.29, 0.717) is 0 Å². The van der Waals surface area contributed by atoms with Gasteiger partial charge in [0.15, 0.2) is 0 Å². The monoisotopic (exact) mass is 420 g/mol. The molecule has 0 fully saturated rings. The first-order valence-corrected chi connectivity index (χ1v) is 11.5. The third-order valence-electron chi connectivity index (χ3n) is 7.32. The molecule has 0 amide bonds. The lowest BCUT2D eigenvalue weighted by molar-refractivity contribution is 0.540. The van der Waals surface area contributed by atoms with E-state index in [1.807, 2.05) is 0 Å². The van der Waals surface area contributed by atoms with Gasteiger partial charge in [0.05, 0.1) is 12.1 Å². The lowest BCUT2D eigenvalue weighted by atomic mass is 9.97. The molecule has 0 saturated carbocycles. The Kier molecular flexibility index (Phi) is 4.97. The number of hydrogen-bond donors (Lipinski definition) is 0. The van der Waals surface area contributed by atoms with E-state index in [4.69, 9.17) is 0 Å². The summed E-state index contributed by atoms with van der Waals surface area (Å²) in [6.45, 7) is 8.91. The summed E-state index contributed by atoms with van der Waals surface area (Å²) in [5, 5.41) is 2.75. The molecule has 162 valence electrons. The van der Waals surface area contributed by atoms with Crippen molar-refractivity contribution in [2.75, 3.05) is 23.9 Å². The smallest absolute Gasteiger partial charge is 0.0791 e. The number of hydrogen-bond acceptors (Lipinski definition) is 2. The van der Waals surface area contributed by atoms with Crippen LogP contribution in [0.5, 0.6) is 0 Å². The molecular weight excluding hydrogens is 388 g/mol. The van der Waals surface area contributed by atoms with E-state index in [0.717, 1.165) is 0 Å². The molecule has 0 aliphatic heterocycles. The van der Waals surface area contributed by atoms with Crippen LogP contribution in [0.1, 0.15) is 45.5 Å². The van der Waals surface area contributed by atoms with E-state index in [2.05, 4.69) is 124 Å². The molecule has 0 saturated heterocycles. The molecule has 2 heteroatoms. The Bertz CT molecular complexity index is 1180. The van der Waals surface area contributed by atoms with E-state index in [-0.39, 0.29) is 12.1 Å². The SMILES string of the molecule is Cc1cccc(C)c1N(C)C1c2cccc3cccc(c23)C1N(C)c1c(C)cccc1C. The highest BCUT2D eigenvalue weighted by atomic mass is 15.2. The van der Waals surface area contributed by atoms with Gasteiger partial charge in [-0.3, -0.25) is 0 Å². The van der Waals surface area contributed by atoms with Crippen molar-refractivity contribution in [2.45, 2.75) is 39.8 Å². The lowest BCUT2D eigenvalue weighted by Crippen LogP contribution is -2.36. The highest BCUT2D eigenvalue weighted by Gasteiger charge is 2.40. The molecule has 0 heterocycles. The minimum absolute atomic E-state index is 0.222. The normalized spacial score (nSPS) is 17.1. The van der Waals surface area contributed by atoms with Gasteiger partial charge in [-0.2, -0.15) is 0 Å². The van der Waals surface area contributed by atoms with Gasteiger partial charge in [0.2, 0.25) is 0 Å². The molecular formula is C30H32N2. The van der Waals surface area contributed by atoms with Crippen LogP contribution < -0.4 is 9.80 Å². The molecule has 1 aliphatic rings. The van der Waals surface area contributed by atoms with Crippen molar-refractivity contribution in [3.05, 3.63) is 106 Å². The number of aryl methyl sites for hydroxylation is 4. The van der Waals surface area contributed by atoms with Crippen LogP contribution in [-0.4, -0.2) is 14.1 Å². The predicted octanol–water partition coefficient (Wildman–Crippen LogP) is 7.44. The van der Waals surface area contributed by atoms with Crippen LogP contribution in [0.4, 0.5) is 11.4 Å². The topological polar surface area (TPSA) is 6.48 Å². The van der Waals surface area contributed by atoms with Gasteiger partial charge in [-0.05, 0) is 71.8 Å². The highest BCUT2D eigenvalue weighted by Crippen LogP contribution is 2.52. The average molecular weight is 421 g/mol. The molecule has 0 N–H and O–H groups in total. The molecule has 2 atom stereocenters. The Hall–Kier alpha value is -3.26. The number of rotatable bonds is 4. The van der Waals surface area contributed by atoms with Gasteiger partial charge < -0.3 is 9.80 Å². The van der Waals surface area contributed by atoms with Crippen LogP contribution >= 0.6 is 0 Å². The van der Waals surface area contributed by atoms with Crippen molar-refractivity contribution in [3.8, 4) is 0 Å². The van der Waals surface area contributed by atoms with Gasteiger partial charge in [-0.25, -0.2) is 0 Å². The summed E-state index contributed by atoms with van der Waals surface area (Å²) in [6, 6.07) is 27.3. The van der Waals surface area contributed by atoms with Crippen molar-refractivity contribution in [1.82, 2.24) is 0 Å². The minimum atomic E-state index is 0.222. The number of anilines is 2. The second-order valence-electron chi connectivity index (χ2n) is 9.38. The third kappa shape index (κ3) is 3.01. The van der Waals surface area contributed by atoms with Gasteiger partial charge in [0, 0.05) is 25.5 Å². The summed E-state index contributed by atoms with van der Waals surface area (Å²) < 4.78 is 0. The van der Waals surface area contributed by atoms with Gasteiger partial charge in [0.1, 0.15) is 0 Å². The zero-order valence-corrected chi connectivity index (χ0v) is 20.0. The number of para-hydroxylation sites is 2. The van der Waals surface area contributed by atoms with Gasteiger partial charge >= 0.3 is 0 Å². The van der Waals surface area contributed by atoms with Crippen molar-refractivity contribution in [2.24, 2.45) is 0 Å². The molecule has 5 rings (SSSR count).